The predicted molar refractivity (Wildman–Crippen MR) is 94.8 cm³/mol. The number of nitrogens with one attached hydrogen (secondary N) is 2. The van der Waals surface area contributed by atoms with Gasteiger partial charge in [0.2, 0.25) is 5.95 Å². The topological polar surface area (TPSA) is 72.0 Å². The molecule has 0 saturated heterocycles. The average Bonchev–Trinajstić information content (AvgIpc) is 2.63. The van der Waals surface area contributed by atoms with Crippen molar-refractivity contribution in [2.45, 2.75) is 0 Å². The molecule has 1 heterocycles. The van der Waals surface area contributed by atoms with Gasteiger partial charge in [0, 0.05) is 6.54 Å². The van der Waals surface area contributed by atoms with E-state index in [1.165, 1.54) is 0 Å². The second-order valence-electron chi connectivity index (χ2n) is 4.87. The zero-order chi connectivity index (χ0) is 16.6. The highest BCUT2D eigenvalue weighted by Crippen LogP contribution is 2.30. The summed E-state index contributed by atoms with van der Waals surface area (Å²) >= 11 is 0. The Hall–Kier alpha value is -3.41. The number of hydrogen-bond acceptors (Lipinski definition) is 6. The zero-order valence-corrected chi connectivity index (χ0v) is 13.0. The molecule has 6 heteroatoms. The Morgan fingerprint density at radius 2 is 1.83 bits per heavy atom. The van der Waals surface area contributed by atoms with E-state index in [0.29, 0.717) is 24.1 Å². The summed E-state index contributed by atoms with van der Waals surface area (Å²) in [4.78, 5) is 4.35. The minimum atomic E-state index is 0.432. The zero-order valence-electron chi connectivity index (χ0n) is 13.0. The number of hydrogen-bond donors (Lipinski definition) is 2. The molecule has 0 atom stereocenters. The summed E-state index contributed by atoms with van der Waals surface area (Å²) in [5.41, 5.74) is 0.788. The van der Waals surface area contributed by atoms with Crippen LogP contribution in [0.3, 0.4) is 0 Å². The first-order valence-corrected chi connectivity index (χ1v) is 7.48. The Morgan fingerprint density at radius 3 is 2.67 bits per heavy atom. The van der Waals surface area contributed by atoms with Crippen molar-refractivity contribution >= 4 is 17.5 Å². The first kappa shape index (κ1) is 15.5. The van der Waals surface area contributed by atoms with Crippen LogP contribution in [-0.4, -0.2) is 21.7 Å². The molecule has 0 aliphatic heterocycles. The molecule has 0 radical (unpaired) electrons. The van der Waals surface area contributed by atoms with E-state index < -0.39 is 0 Å². The first-order valence-electron chi connectivity index (χ1n) is 7.48. The van der Waals surface area contributed by atoms with Crippen LogP contribution >= 0.6 is 0 Å². The van der Waals surface area contributed by atoms with Crippen LogP contribution in [0.1, 0.15) is 0 Å². The molecule has 0 fully saturated rings. The quantitative estimate of drug-likeness (QED) is 0.641. The van der Waals surface area contributed by atoms with Gasteiger partial charge in [0.05, 0.1) is 11.9 Å². The Labute approximate surface area is 140 Å². The van der Waals surface area contributed by atoms with Gasteiger partial charge in [-0.1, -0.05) is 36.4 Å². The van der Waals surface area contributed by atoms with Crippen LogP contribution in [0.15, 0.2) is 73.4 Å². The van der Waals surface area contributed by atoms with Crippen molar-refractivity contribution in [3.8, 4) is 11.5 Å². The van der Waals surface area contributed by atoms with Crippen LogP contribution in [0.4, 0.5) is 17.5 Å². The lowest BCUT2D eigenvalue weighted by atomic mass is 10.3. The summed E-state index contributed by atoms with van der Waals surface area (Å²) in [6.45, 7) is 4.22. The molecular formula is C18H17N5O. The second-order valence-corrected chi connectivity index (χ2v) is 4.87. The number of anilines is 3. The Balaban J connectivity index is 1.79. The summed E-state index contributed by atoms with van der Waals surface area (Å²) in [6.07, 6.45) is 3.28. The fourth-order valence-electron chi connectivity index (χ4n) is 2.01. The lowest BCUT2D eigenvalue weighted by molar-refractivity contribution is 0.485. The van der Waals surface area contributed by atoms with E-state index in [1.807, 2.05) is 54.6 Å². The fourth-order valence-corrected chi connectivity index (χ4v) is 2.01. The van der Waals surface area contributed by atoms with Gasteiger partial charge in [0.15, 0.2) is 11.6 Å². The number of nitrogens with zero attached hydrogens (tertiary/aromatic N) is 3. The van der Waals surface area contributed by atoms with Crippen molar-refractivity contribution in [1.82, 2.24) is 15.2 Å². The average molecular weight is 319 g/mol. The second kappa shape index (κ2) is 7.73. The van der Waals surface area contributed by atoms with Crippen LogP contribution in [0, 0.1) is 0 Å². The van der Waals surface area contributed by atoms with Crippen molar-refractivity contribution in [3.05, 3.63) is 73.4 Å². The molecule has 3 rings (SSSR count). The minimum absolute atomic E-state index is 0.432. The first-order chi connectivity index (χ1) is 11.8. The largest absolute Gasteiger partial charge is 0.455 e. The molecule has 2 N–H and O–H groups in total. The van der Waals surface area contributed by atoms with Gasteiger partial charge < -0.3 is 15.4 Å². The third-order valence-electron chi connectivity index (χ3n) is 3.08. The van der Waals surface area contributed by atoms with Gasteiger partial charge in [-0.05, 0) is 24.3 Å². The van der Waals surface area contributed by atoms with Crippen molar-refractivity contribution < 1.29 is 4.74 Å². The monoisotopic (exact) mass is 319 g/mol. The molecule has 24 heavy (non-hydrogen) atoms. The van der Waals surface area contributed by atoms with E-state index in [2.05, 4.69) is 32.4 Å². The molecule has 120 valence electrons. The van der Waals surface area contributed by atoms with Gasteiger partial charge >= 0.3 is 0 Å². The summed E-state index contributed by atoms with van der Waals surface area (Å²) in [5.74, 6) is 2.46. The van der Waals surface area contributed by atoms with E-state index in [1.54, 1.807) is 12.3 Å². The summed E-state index contributed by atoms with van der Waals surface area (Å²) in [7, 11) is 0. The molecule has 2 aromatic carbocycles. The maximum Gasteiger partial charge on any atom is 0.244 e. The molecular weight excluding hydrogens is 302 g/mol. The number of ether oxygens (including phenoxy) is 1. The molecule has 6 nitrogen and oxygen atoms in total. The van der Waals surface area contributed by atoms with Crippen LogP contribution in [0.5, 0.6) is 11.5 Å². The third-order valence-corrected chi connectivity index (χ3v) is 3.08. The molecule has 0 bridgehead atoms. The van der Waals surface area contributed by atoms with Gasteiger partial charge in [-0.25, -0.2) is 0 Å². The Morgan fingerprint density at radius 1 is 1.04 bits per heavy atom. The molecule has 3 aromatic rings. The van der Waals surface area contributed by atoms with E-state index in [9.17, 15) is 0 Å². The van der Waals surface area contributed by atoms with Gasteiger partial charge in [-0.2, -0.15) is 10.1 Å². The van der Waals surface area contributed by atoms with Crippen molar-refractivity contribution in [1.29, 1.82) is 0 Å². The molecule has 0 amide bonds. The maximum atomic E-state index is 5.92. The standard InChI is InChI=1S/C18H17N5O/c1-2-12-19-18-22-17(13-20-23-18)21-15-10-6-7-11-16(15)24-14-8-4-3-5-9-14/h2-11,13H,1,12H2,(H2,19,21,22,23). The molecule has 0 unspecified atom stereocenters. The molecule has 0 saturated carbocycles. The smallest absolute Gasteiger partial charge is 0.244 e. The summed E-state index contributed by atoms with van der Waals surface area (Å²) in [6, 6.07) is 17.2. The molecule has 0 aliphatic carbocycles. The number of aromatic nitrogens is 3. The van der Waals surface area contributed by atoms with E-state index >= 15 is 0 Å². The van der Waals surface area contributed by atoms with Crippen LogP contribution in [0.2, 0.25) is 0 Å². The number of para-hydroxylation sites is 3. The SMILES string of the molecule is C=CCNc1nncc(Nc2ccccc2Oc2ccccc2)n1. The van der Waals surface area contributed by atoms with Gasteiger partial charge in [0.1, 0.15) is 5.75 Å². The van der Waals surface area contributed by atoms with E-state index in [-0.39, 0.29) is 0 Å². The molecule has 1 aromatic heterocycles. The molecule has 0 spiro atoms. The third kappa shape index (κ3) is 4.07. The van der Waals surface area contributed by atoms with Gasteiger partial charge in [-0.3, -0.25) is 0 Å². The van der Waals surface area contributed by atoms with Crippen molar-refractivity contribution in [2.75, 3.05) is 17.2 Å². The van der Waals surface area contributed by atoms with E-state index in [0.717, 1.165) is 11.4 Å². The fraction of sp³-hybridized carbons (Fsp3) is 0.0556. The lowest BCUT2D eigenvalue weighted by Gasteiger charge is -2.12. The normalized spacial score (nSPS) is 10.0. The summed E-state index contributed by atoms with van der Waals surface area (Å²) < 4.78 is 5.92. The Kier molecular flexibility index (Phi) is 4.99. The number of rotatable bonds is 7. The maximum absolute atomic E-state index is 5.92. The molecule has 0 aliphatic rings. The van der Waals surface area contributed by atoms with Crippen molar-refractivity contribution in [3.63, 3.8) is 0 Å². The highest BCUT2D eigenvalue weighted by atomic mass is 16.5. The van der Waals surface area contributed by atoms with Gasteiger partial charge in [-0.15, -0.1) is 11.7 Å². The highest BCUT2D eigenvalue weighted by Gasteiger charge is 2.06. The predicted octanol–water partition coefficient (Wildman–Crippen LogP) is 4.01. The van der Waals surface area contributed by atoms with E-state index in [4.69, 9.17) is 4.74 Å². The van der Waals surface area contributed by atoms with Crippen LogP contribution < -0.4 is 15.4 Å². The number of benzene rings is 2. The minimum Gasteiger partial charge on any atom is -0.455 e. The summed E-state index contributed by atoms with van der Waals surface area (Å²) in [5, 5.41) is 14.1. The highest BCUT2D eigenvalue weighted by molar-refractivity contribution is 5.64. The van der Waals surface area contributed by atoms with Crippen LogP contribution in [-0.2, 0) is 0 Å². The lowest BCUT2D eigenvalue weighted by Crippen LogP contribution is -2.06. The van der Waals surface area contributed by atoms with Crippen molar-refractivity contribution in [2.24, 2.45) is 0 Å². The Bertz CT molecular complexity index is 807. The van der Waals surface area contributed by atoms with Gasteiger partial charge in [0.25, 0.3) is 0 Å². The van der Waals surface area contributed by atoms with Crippen LogP contribution in [0.25, 0.3) is 0 Å².